The quantitative estimate of drug-likeness (QED) is 0.900. The predicted octanol–water partition coefficient (Wildman–Crippen LogP) is 1.58. The summed E-state index contributed by atoms with van der Waals surface area (Å²) < 4.78 is 0. The second-order valence-corrected chi connectivity index (χ2v) is 3.87. The van der Waals surface area contributed by atoms with Gasteiger partial charge >= 0.3 is 0 Å². The molecule has 6 heteroatoms. The Hall–Kier alpha value is -2.50. The van der Waals surface area contributed by atoms with Gasteiger partial charge in [-0.2, -0.15) is 0 Å². The highest BCUT2D eigenvalue weighted by Crippen LogP contribution is 2.10. The number of rotatable bonds is 4. The minimum absolute atomic E-state index is 0.241. The van der Waals surface area contributed by atoms with Crippen LogP contribution in [0, 0.1) is 0 Å². The van der Waals surface area contributed by atoms with Crippen molar-refractivity contribution in [2.24, 2.45) is 0 Å². The largest absolute Gasteiger partial charge is 0.369 e. The van der Waals surface area contributed by atoms with Crippen molar-refractivity contribution >= 4 is 17.5 Å². The van der Waals surface area contributed by atoms with E-state index in [1.165, 1.54) is 11.1 Å². The van der Waals surface area contributed by atoms with E-state index in [1.54, 1.807) is 31.6 Å². The molecule has 0 radical (unpaired) electrons. The maximum Gasteiger partial charge on any atom is 0.279 e. The van der Waals surface area contributed by atoms with E-state index < -0.39 is 0 Å². The summed E-state index contributed by atoms with van der Waals surface area (Å²) >= 11 is 0. The number of amides is 1. The first-order chi connectivity index (χ1) is 9.22. The summed E-state index contributed by atoms with van der Waals surface area (Å²) in [6.45, 7) is 2.73. The lowest BCUT2D eigenvalue weighted by Crippen LogP contribution is -2.28. The first kappa shape index (κ1) is 12.9. The fourth-order valence-electron chi connectivity index (χ4n) is 1.54. The van der Waals surface area contributed by atoms with E-state index in [0.717, 1.165) is 6.54 Å². The number of hydrogen-bond acceptors (Lipinski definition) is 5. The predicted molar refractivity (Wildman–Crippen MR) is 73.2 cm³/mol. The van der Waals surface area contributed by atoms with Crippen LogP contribution in [0.4, 0.5) is 11.6 Å². The van der Waals surface area contributed by atoms with Crippen LogP contribution in [0.1, 0.15) is 17.4 Å². The van der Waals surface area contributed by atoms with Gasteiger partial charge in [0.05, 0.1) is 12.4 Å². The van der Waals surface area contributed by atoms with Gasteiger partial charge in [0.1, 0.15) is 17.3 Å². The number of nitrogens with zero attached hydrogens (tertiary/aromatic N) is 4. The van der Waals surface area contributed by atoms with Gasteiger partial charge in [-0.3, -0.25) is 9.69 Å². The van der Waals surface area contributed by atoms with Crippen molar-refractivity contribution in [3.63, 3.8) is 0 Å². The fourth-order valence-corrected chi connectivity index (χ4v) is 1.54. The molecule has 1 N–H and O–H groups in total. The van der Waals surface area contributed by atoms with E-state index in [2.05, 4.69) is 20.3 Å². The molecule has 2 aromatic heterocycles. The average Bonchev–Trinajstić information content (AvgIpc) is 2.48. The molecule has 0 aromatic carbocycles. The van der Waals surface area contributed by atoms with Crippen molar-refractivity contribution in [2.75, 3.05) is 23.8 Å². The van der Waals surface area contributed by atoms with Gasteiger partial charge in [0.25, 0.3) is 5.91 Å². The van der Waals surface area contributed by atoms with Gasteiger partial charge < -0.3 is 5.32 Å². The summed E-state index contributed by atoms with van der Waals surface area (Å²) in [6.07, 6.45) is 4.64. The number of carbonyl (C=O) groups is 1. The van der Waals surface area contributed by atoms with E-state index in [4.69, 9.17) is 0 Å². The van der Waals surface area contributed by atoms with Crippen LogP contribution in [-0.2, 0) is 0 Å². The second-order valence-electron chi connectivity index (χ2n) is 3.87. The summed E-state index contributed by atoms with van der Waals surface area (Å²) in [4.78, 5) is 26.0. The molecule has 0 saturated heterocycles. The highest BCUT2D eigenvalue weighted by molar-refractivity contribution is 6.03. The van der Waals surface area contributed by atoms with Crippen LogP contribution >= 0.6 is 0 Å². The molecule has 2 heterocycles. The molecule has 0 spiro atoms. The van der Waals surface area contributed by atoms with Crippen LogP contribution in [0.2, 0.25) is 0 Å². The molecule has 0 aliphatic carbocycles. The molecule has 2 rings (SSSR count). The number of nitrogens with one attached hydrogen (secondary N) is 1. The van der Waals surface area contributed by atoms with Crippen molar-refractivity contribution < 1.29 is 4.79 Å². The number of pyridine rings is 1. The van der Waals surface area contributed by atoms with Crippen LogP contribution in [0.5, 0.6) is 0 Å². The topological polar surface area (TPSA) is 71.0 Å². The van der Waals surface area contributed by atoms with Crippen LogP contribution in [0.3, 0.4) is 0 Å². The monoisotopic (exact) mass is 257 g/mol. The molecule has 0 fully saturated rings. The number of carbonyl (C=O) groups excluding carboxylic acids is 1. The summed E-state index contributed by atoms with van der Waals surface area (Å²) in [5, 5.41) is 3.02. The van der Waals surface area contributed by atoms with E-state index in [1.807, 2.05) is 13.0 Å². The fraction of sp³-hybridized carbons (Fsp3) is 0.231. The van der Waals surface area contributed by atoms with Gasteiger partial charge in [-0.05, 0) is 19.1 Å². The normalized spacial score (nSPS) is 10.0. The molecule has 0 aliphatic heterocycles. The first-order valence-electron chi connectivity index (χ1n) is 5.97. The lowest BCUT2D eigenvalue weighted by molar-refractivity contribution is 0.0987. The van der Waals surface area contributed by atoms with Gasteiger partial charge in [0.15, 0.2) is 0 Å². The lowest BCUT2D eigenvalue weighted by Gasteiger charge is -2.15. The van der Waals surface area contributed by atoms with E-state index in [0.29, 0.717) is 11.6 Å². The first-order valence-corrected chi connectivity index (χ1v) is 5.97. The minimum atomic E-state index is -0.241. The minimum Gasteiger partial charge on any atom is -0.369 e. The van der Waals surface area contributed by atoms with Crippen molar-refractivity contribution in [1.29, 1.82) is 0 Å². The molecule has 0 saturated carbocycles. The number of anilines is 2. The van der Waals surface area contributed by atoms with Gasteiger partial charge in [0.2, 0.25) is 0 Å². The smallest absolute Gasteiger partial charge is 0.279 e. The molecule has 0 aliphatic rings. The molecule has 0 atom stereocenters. The maximum absolute atomic E-state index is 12.2. The molecule has 98 valence electrons. The standard InChI is InChI=1S/C13H15N5O/c1-3-14-11-9-16-10(8-17-11)13(19)18(2)12-6-4-5-7-15-12/h4-9H,3H2,1-2H3,(H,14,17). The Bertz CT molecular complexity index is 541. The van der Waals surface area contributed by atoms with Crippen LogP contribution < -0.4 is 10.2 Å². The molecule has 6 nitrogen and oxygen atoms in total. The zero-order valence-corrected chi connectivity index (χ0v) is 10.9. The summed E-state index contributed by atoms with van der Waals surface area (Å²) in [7, 11) is 1.66. The SMILES string of the molecule is CCNc1cnc(C(=O)N(C)c2ccccn2)cn1. The molecule has 2 aromatic rings. The third kappa shape index (κ3) is 3.04. The van der Waals surface area contributed by atoms with E-state index >= 15 is 0 Å². The Kier molecular flexibility index (Phi) is 4.02. The van der Waals surface area contributed by atoms with Crippen molar-refractivity contribution in [1.82, 2.24) is 15.0 Å². The van der Waals surface area contributed by atoms with Crippen LogP contribution in [0.25, 0.3) is 0 Å². The maximum atomic E-state index is 12.2. The Morgan fingerprint density at radius 1 is 1.26 bits per heavy atom. The summed E-state index contributed by atoms with van der Waals surface area (Å²) in [5.74, 6) is 0.985. The van der Waals surface area contributed by atoms with Crippen molar-refractivity contribution in [3.05, 3.63) is 42.5 Å². The van der Waals surface area contributed by atoms with Crippen LogP contribution in [0.15, 0.2) is 36.8 Å². The highest BCUT2D eigenvalue weighted by Gasteiger charge is 2.15. The molecular weight excluding hydrogens is 242 g/mol. The third-order valence-corrected chi connectivity index (χ3v) is 2.53. The molecule has 19 heavy (non-hydrogen) atoms. The van der Waals surface area contributed by atoms with E-state index in [-0.39, 0.29) is 11.6 Å². The van der Waals surface area contributed by atoms with Crippen molar-refractivity contribution in [2.45, 2.75) is 6.92 Å². The molecule has 0 unspecified atom stereocenters. The Morgan fingerprint density at radius 3 is 2.68 bits per heavy atom. The Morgan fingerprint density at radius 2 is 2.11 bits per heavy atom. The van der Waals surface area contributed by atoms with Gasteiger partial charge in [0, 0.05) is 19.8 Å². The summed E-state index contributed by atoms with van der Waals surface area (Å²) in [5.41, 5.74) is 0.287. The number of aromatic nitrogens is 3. The molecule has 1 amide bonds. The zero-order valence-electron chi connectivity index (χ0n) is 10.9. The molecule has 0 bridgehead atoms. The van der Waals surface area contributed by atoms with Gasteiger partial charge in [-0.15, -0.1) is 0 Å². The second kappa shape index (κ2) is 5.90. The Labute approximate surface area is 111 Å². The average molecular weight is 257 g/mol. The summed E-state index contributed by atoms with van der Waals surface area (Å²) in [6, 6.07) is 5.39. The molecular formula is C13H15N5O. The van der Waals surface area contributed by atoms with E-state index in [9.17, 15) is 4.79 Å². The highest BCUT2D eigenvalue weighted by atomic mass is 16.2. The van der Waals surface area contributed by atoms with Gasteiger partial charge in [-0.25, -0.2) is 15.0 Å². The zero-order chi connectivity index (χ0) is 13.7. The lowest BCUT2D eigenvalue weighted by atomic mass is 10.3. The van der Waals surface area contributed by atoms with Crippen molar-refractivity contribution in [3.8, 4) is 0 Å². The number of hydrogen-bond donors (Lipinski definition) is 1. The third-order valence-electron chi connectivity index (χ3n) is 2.53. The van der Waals surface area contributed by atoms with Crippen LogP contribution in [-0.4, -0.2) is 34.5 Å². The van der Waals surface area contributed by atoms with Gasteiger partial charge in [-0.1, -0.05) is 6.07 Å². The Balaban J connectivity index is 2.15.